The van der Waals surface area contributed by atoms with Gasteiger partial charge in [0.05, 0.1) is 24.1 Å². The van der Waals surface area contributed by atoms with Crippen molar-refractivity contribution in [3.8, 4) is 6.07 Å². The van der Waals surface area contributed by atoms with Gasteiger partial charge in [-0.15, -0.1) is 0 Å². The standard InChI is InChI=1S/C22H23N3O2/c23-16-17-9-11-19(12-10-17)22(27)25-14-6-2-5-13-24-21(26)15-20(25)18-7-3-1-4-8-18/h1,3-4,7-12,20H,2,5-6,13-15H2,(H,24,26). The topological polar surface area (TPSA) is 73.2 Å². The van der Waals surface area contributed by atoms with Crippen LogP contribution < -0.4 is 5.32 Å². The van der Waals surface area contributed by atoms with Crippen molar-refractivity contribution in [1.29, 1.82) is 5.26 Å². The Morgan fingerprint density at radius 1 is 1.04 bits per heavy atom. The SMILES string of the molecule is N#Cc1ccc(C(=O)N2CCCCCNC(=O)CC2c2ccccc2)cc1. The van der Waals surface area contributed by atoms with E-state index in [1.807, 2.05) is 35.2 Å². The van der Waals surface area contributed by atoms with Crippen LogP contribution in [0.1, 0.15) is 53.2 Å². The fraction of sp³-hybridized carbons (Fsp3) is 0.318. The van der Waals surface area contributed by atoms with E-state index in [1.165, 1.54) is 0 Å². The Labute approximate surface area is 159 Å². The van der Waals surface area contributed by atoms with Gasteiger partial charge in [0.1, 0.15) is 0 Å². The van der Waals surface area contributed by atoms with Crippen LogP contribution in [0, 0.1) is 11.3 Å². The van der Waals surface area contributed by atoms with E-state index >= 15 is 0 Å². The molecule has 1 aliphatic heterocycles. The summed E-state index contributed by atoms with van der Waals surface area (Å²) in [5.74, 6) is -0.148. The minimum Gasteiger partial charge on any atom is -0.356 e. The first-order chi connectivity index (χ1) is 13.2. The van der Waals surface area contributed by atoms with Crippen molar-refractivity contribution >= 4 is 11.8 Å². The normalized spacial score (nSPS) is 18.3. The lowest BCUT2D eigenvalue weighted by Crippen LogP contribution is -2.39. The van der Waals surface area contributed by atoms with Crippen molar-refractivity contribution in [2.75, 3.05) is 13.1 Å². The summed E-state index contributed by atoms with van der Waals surface area (Å²) in [6.45, 7) is 1.29. The van der Waals surface area contributed by atoms with Crippen molar-refractivity contribution < 1.29 is 9.59 Å². The zero-order chi connectivity index (χ0) is 19.1. The van der Waals surface area contributed by atoms with Crippen molar-refractivity contribution in [3.05, 3.63) is 71.3 Å². The van der Waals surface area contributed by atoms with Crippen molar-refractivity contribution in [1.82, 2.24) is 10.2 Å². The summed E-state index contributed by atoms with van der Waals surface area (Å²) in [6, 6.07) is 18.1. The Balaban J connectivity index is 1.94. The van der Waals surface area contributed by atoms with Crippen molar-refractivity contribution in [2.24, 2.45) is 0 Å². The van der Waals surface area contributed by atoms with Gasteiger partial charge in [-0.1, -0.05) is 30.3 Å². The Bertz CT molecular complexity index is 825. The van der Waals surface area contributed by atoms with E-state index in [4.69, 9.17) is 5.26 Å². The molecule has 2 aromatic carbocycles. The second-order valence-corrected chi connectivity index (χ2v) is 6.73. The molecule has 0 saturated carbocycles. The number of hydrogen-bond acceptors (Lipinski definition) is 3. The van der Waals surface area contributed by atoms with Crippen molar-refractivity contribution in [3.63, 3.8) is 0 Å². The van der Waals surface area contributed by atoms with Crippen LogP contribution >= 0.6 is 0 Å². The van der Waals surface area contributed by atoms with E-state index in [2.05, 4.69) is 11.4 Å². The molecular weight excluding hydrogens is 338 g/mol. The maximum absolute atomic E-state index is 13.3. The molecule has 1 unspecified atom stereocenters. The highest BCUT2D eigenvalue weighted by molar-refractivity contribution is 5.95. The van der Waals surface area contributed by atoms with Gasteiger partial charge in [-0.2, -0.15) is 5.26 Å². The number of nitriles is 1. The van der Waals surface area contributed by atoms with E-state index in [1.54, 1.807) is 24.3 Å². The van der Waals surface area contributed by atoms with Crippen LogP contribution in [0.5, 0.6) is 0 Å². The molecule has 1 saturated heterocycles. The number of rotatable bonds is 2. The fourth-order valence-electron chi connectivity index (χ4n) is 3.39. The minimum atomic E-state index is -0.313. The van der Waals surface area contributed by atoms with Crippen LogP contribution in [0.25, 0.3) is 0 Å². The van der Waals surface area contributed by atoms with Gasteiger partial charge >= 0.3 is 0 Å². The van der Waals surface area contributed by atoms with Gasteiger partial charge < -0.3 is 10.2 Å². The second-order valence-electron chi connectivity index (χ2n) is 6.73. The molecule has 0 bridgehead atoms. The third-order valence-electron chi connectivity index (χ3n) is 4.86. The number of nitrogens with one attached hydrogen (secondary N) is 1. The number of benzene rings is 2. The van der Waals surface area contributed by atoms with Gasteiger partial charge in [-0.05, 0) is 49.1 Å². The van der Waals surface area contributed by atoms with Crippen LogP contribution in [0.2, 0.25) is 0 Å². The smallest absolute Gasteiger partial charge is 0.254 e. The summed E-state index contributed by atoms with van der Waals surface area (Å²) in [4.78, 5) is 27.5. The molecular formula is C22H23N3O2. The molecule has 1 heterocycles. The first-order valence-electron chi connectivity index (χ1n) is 9.32. The Morgan fingerprint density at radius 2 is 1.78 bits per heavy atom. The molecule has 3 rings (SSSR count). The monoisotopic (exact) mass is 361 g/mol. The maximum Gasteiger partial charge on any atom is 0.254 e. The Hall–Kier alpha value is -3.13. The molecule has 1 aliphatic rings. The number of carbonyl (C=O) groups excluding carboxylic acids is 2. The van der Waals surface area contributed by atoms with Crippen molar-refractivity contribution in [2.45, 2.75) is 31.7 Å². The Kier molecular flexibility index (Phi) is 6.22. The highest BCUT2D eigenvalue weighted by atomic mass is 16.2. The van der Waals surface area contributed by atoms with Crippen LogP contribution in [0.15, 0.2) is 54.6 Å². The zero-order valence-electron chi connectivity index (χ0n) is 15.2. The second kappa shape index (κ2) is 9.00. The predicted octanol–water partition coefficient (Wildman–Crippen LogP) is 3.43. The molecule has 2 amide bonds. The minimum absolute atomic E-state index is 0.0385. The first kappa shape index (κ1) is 18.7. The molecule has 2 aromatic rings. The van der Waals surface area contributed by atoms with E-state index in [0.717, 1.165) is 24.8 Å². The lowest BCUT2D eigenvalue weighted by Gasteiger charge is -2.33. The number of amides is 2. The Morgan fingerprint density at radius 3 is 2.48 bits per heavy atom. The number of hydrogen-bond donors (Lipinski definition) is 1. The van der Waals surface area contributed by atoms with E-state index < -0.39 is 0 Å². The molecule has 1 N–H and O–H groups in total. The molecule has 138 valence electrons. The fourth-order valence-corrected chi connectivity index (χ4v) is 3.39. The highest BCUT2D eigenvalue weighted by Gasteiger charge is 2.28. The summed E-state index contributed by atoms with van der Waals surface area (Å²) in [5, 5.41) is 11.9. The quantitative estimate of drug-likeness (QED) is 0.890. The number of carbonyl (C=O) groups is 2. The lowest BCUT2D eigenvalue weighted by atomic mass is 9.99. The third kappa shape index (κ3) is 4.73. The van der Waals surface area contributed by atoms with E-state index in [-0.39, 0.29) is 24.3 Å². The van der Waals surface area contributed by atoms with Gasteiger partial charge in [-0.25, -0.2) is 0 Å². The van der Waals surface area contributed by atoms with Gasteiger partial charge in [0, 0.05) is 18.7 Å². The predicted molar refractivity (Wildman–Crippen MR) is 103 cm³/mol. The summed E-state index contributed by atoms with van der Waals surface area (Å²) in [6.07, 6.45) is 3.01. The maximum atomic E-state index is 13.3. The molecule has 1 atom stereocenters. The van der Waals surface area contributed by atoms with Crippen LogP contribution in [-0.4, -0.2) is 29.8 Å². The van der Waals surface area contributed by atoms with Crippen LogP contribution in [0.3, 0.4) is 0 Å². The van der Waals surface area contributed by atoms with Gasteiger partial charge in [0.2, 0.25) is 5.91 Å². The molecule has 5 nitrogen and oxygen atoms in total. The van der Waals surface area contributed by atoms with Gasteiger partial charge in [0.25, 0.3) is 5.91 Å². The summed E-state index contributed by atoms with van der Waals surface area (Å²) < 4.78 is 0. The molecule has 27 heavy (non-hydrogen) atoms. The molecule has 1 fully saturated rings. The summed E-state index contributed by atoms with van der Waals surface area (Å²) >= 11 is 0. The number of nitrogens with zero attached hydrogens (tertiary/aromatic N) is 2. The molecule has 5 heteroatoms. The average Bonchev–Trinajstić information content (AvgIpc) is 2.72. The summed E-state index contributed by atoms with van der Waals surface area (Å²) in [7, 11) is 0. The summed E-state index contributed by atoms with van der Waals surface area (Å²) in [5.41, 5.74) is 2.01. The van der Waals surface area contributed by atoms with Gasteiger partial charge in [0.15, 0.2) is 0 Å². The first-order valence-corrected chi connectivity index (χ1v) is 9.32. The molecule has 0 aromatic heterocycles. The zero-order valence-corrected chi connectivity index (χ0v) is 15.2. The van der Waals surface area contributed by atoms with E-state index in [0.29, 0.717) is 24.2 Å². The average molecular weight is 361 g/mol. The molecule has 0 spiro atoms. The van der Waals surface area contributed by atoms with Gasteiger partial charge in [-0.3, -0.25) is 9.59 Å². The van der Waals surface area contributed by atoms with Crippen LogP contribution in [-0.2, 0) is 4.79 Å². The van der Waals surface area contributed by atoms with Crippen LogP contribution in [0.4, 0.5) is 0 Å². The molecule has 0 aliphatic carbocycles. The van der Waals surface area contributed by atoms with E-state index in [9.17, 15) is 9.59 Å². The third-order valence-corrected chi connectivity index (χ3v) is 4.86. The molecule has 0 radical (unpaired) electrons. The lowest BCUT2D eigenvalue weighted by molar-refractivity contribution is -0.122. The highest BCUT2D eigenvalue weighted by Crippen LogP contribution is 2.27. The largest absolute Gasteiger partial charge is 0.356 e.